The molecule has 0 spiro atoms. The van der Waals surface area contributed by atoms with Gasteiger partial charge in [0.15, 0.2) is 24.3 Å². The molecule has 0 aromatic heterocycles. The second kappa shape index (κ2) is 23.1. The van der Waals surface area contributed by atoms with Crippen LogP contribution in [-0.2, 0) is 47.5 Å². The average Bonchev–Trinajstić information content (AvgIpc) is 4.05. The van der Waals surface area contributed by atoms with Crippen LogP contribution in [-0.4, -0.2) is 199 Å². The van der Waals surface area contributed by atoms with Gasteiger partial charge in [0.1, 0.15) is 30.0 Å². The Morgan fingerprint density at radius 2 is 1.53 bits per heavy atom. The fraction of sp³-hybridized carbons (Fsp3) is 0.940. The Kier molecular flexibility index (Phi) is 19.3. The number of likely N-dealkylation sites (N-methyl/N-ethyl adjacent to an activating group) is 3. The third kappa shape index (κ3) is 12.5. The van der Waals surface area contributed by atoms with Crippen LogP contribution in [0.1, 0.15) is 122 Å². The first-order valence-electron chi connectivity index (χ1n) is 25.5. The third-order valence-corrected chi connectivity index (χ3v) is 16.2. The minimum Gasteiger partial charge on any atom is -0.458 e. The van der Waals surface area contributed by atoms with Crippen molar-refractivity contribution < 1.29 is 67.6 Å². The van der Waals surface area contributed by atoms with Crippen molar-refractivity contribution >= 4 is 17.8 Å². The Balaban J connectivity index is 1.59. The molecule has 18 atom stereocenters. The van der Waals surface area contributed by atoms with Crippen LogP contribution < -0.4 is 0 Å². The molecular weight excluding hydrogens is 881 g/mol. The van der Waals surface area contributed by atoms with E-state index in [0.717, 1.165) is 32.5 Å². The largest absolute Gasteiger partial charge is 0.509 e. The van der Waals surface area contributed by atoms with Gasteiger partial charge in [0, 0.05) is 57.0 Å². The molecule has 5 aliphatic rings. The van der Waals surface area contributed by atoms with E-state index < -0.39 is 107 Å². The summed E-state index contributed by atoms with van der Waals surface area (Å²) in [5, 5.41) is 42.2. The highest BCUT2D eigenvalue weighted by Crippen LogP contribution is 2.45. The molecular formula is C50H90N4O14. The lowest BCUT2D eigenvalue weighted by Crippen LogP contribution is -2.70. The first-order chi connectivity index (χ1) is 31.8. The zero-order valence-corrected chi connectivity index (χ0v) is 44.3. The van der Waals surface area contributed by atoms with Gasteiger partial charge >= 0.3 is 12.1 Å². The van der Waals surface area contributed by atoms with Gasteiger partial charge in [0.05, 0.1) is 41.6 Å². The number of fused-ring (bicyclic) bond motifs is 1. The number of hydrogen-bond acceptors (Lipinski definition) is 18. The second-order valence-electron chi connectivity index (χ2n) is 21.8. The summed E-state index contributed by atoms with van der Waals surface area (Å²) in [7, 11) is 7.31. The SMILES string of the molecule is CC[C@H]1OC(=O)[C@H](C)[C@@H](O[C@H]2C[C@@](C)(OC)[C@@](O)(CN(C)CCN(CC)CC)[C@H](C)O2)[C@H](C)[C@@H](O[C@@H]2O[C@H](C)C[C@H](N(C)C)[C@H]2O)[C@@](C)(O)C[C@@H](C)/C(=N\OCC2CC2)[C@H](C)[C@H]2OC(=O)O[C@@]21C. The number of methoxy groups -OCH3 is 1. The highest BCUT2D eigenvalue weighted by atomic mass is 16.8. The monoisotopic (exact) mass is 971 g/mol. The molecule has 0 aromatic rings. The summed E-state index contributed by atoms with van der Waals surface area (Å²) in [6.45, 7) is 26.4. The van der Waals surface area contributed by atoms with Crippen molar-refractivity contribution in [2.75, 3.05) is 67.6 Å². The zero-order valence-electron chi connectivity index (χ0n) is 44.3. The molecule has 0 amide bonds. The number of carbonyl (C=O) groups is 2. The quantitative estimate of drug-likeness (QED) is 0.132. The molecule has 5 fully saturated rings. The molecule has 1 aliphatic carbocycles. The van der Waals surface area contributed by atoms with Crippen LogP contribution in [0.25, 0.3) is 0 Å². The van der Waals surface area contributed by atoms with E-state index >= 15 is 0 Å². The Bertz CT molecular complexity index is 1680. The molecule has 3 N–H and O–H groups in total. The smallest absolute Gasteiger partial charge is 0.458 e. The van der Waals surface area contributed by atoms with Gasteiger partial charge in [0.2, 0.25) is 0 Å². The summed E-state index contributed by atoms with van der Waals surface area (Å²) in [5.74, 6) is -3.23. The molecule has 18 heteroatoms. The Morgan fingerprint density at radius 3 is 2.12 bits per heavy atom. The Morgan fingerprint density at radius 1 is 0.868 bits per heavy atom. The molecule has 5 rings (SSSR count). The molecule has 4 heterocycles. The van der Waals surface area contributed by atoms with Crippen LogP contribution in [0, 0.1) is 29.6 Å². The first-order valence-corrected chi connectivity index (χ1v) is 25.5. The lowest BCUT2D eigenvalue weighted by atomic mass is 9.73. The van der Waals surface area contributed by atoms with Crippen molar-refractivity contribution in [1.29, 1.82) is 0 Å². The molecule has 18 nitrogen and oxygen atoms in total. The lowest BCUT2D eigenvalue weighted by molar-refractivity contribution is -0.339. The molecule has 4 saturated heterocycles. The number of aliphatic hydroxyl groups is 3. The summed E-state index contributed by atoms with van der Waals surface area (Å²) >= 11 is 0. The van der Waals surface area contributed by atoms with Crippen molar-refractivity contribution in [3.8, 4) is 0 Å². The highest BCUT2D eigenvalue weighted by molar-refractivity contribution is 5.89. The van der Waals surface area contributed by atoms with E-state index in [2.05, 4.69) is 23.6 Å². The van der Waals surface area contributed by atoms with Gasteiger partial charge in [-0.05, 0) is 114 Å². The van der Waals surface area contributed by atoms with Crippen molar-refractivity contribution in [3.63, 3.8) is 0 Å². The van der Waals surface area contributed by atoms with Crippen LogP contribution in [0.3, 0.4) is 0 Å². The van der Waals surface area contributed by atoms with E-state index in [0.29, 0.717) is 31.2 Å². The van der Waals surface area contributed by atoms with E-state index in [9.17, 15) is 24.9 Å². The van der Waals surface area contributed by atoms with Gasteiger partial charge < -0.3 is 72.8 Å². The van der Waals surface area contributed by atoms with Gasteiger partial charge in [-0.1, -0.05) is 46.7 Å². The van der Waals surface area contributed by atoms with E-state index in [4.69, 9.17) is 47.9 Å². The van der Waals surface area contributed by atoms with Gasteiger partial charge in [-0.3, -0.25) is 4.79 Å². The van der Waals surface area contributed by atoms with E-state index in [-0.39, 0.29) is 38.0 Å². The van der Waals surface area contributed by atoms with Crippen LogP contribution in [0.2, 0.25) is 0 Å². The van der Waals surface area contributed by atoms with Gasteiger partial charge in [-0.2, -0.15) is 0 Å². The maximum Gasteiger partial charge on any atom is 0.509 e. The van der Waals surface area contributed by atoms with Gasteiger partial charge in [-0.25, -0.2) is 4.79 Å². The number of rotatable bonds is 17. The maximum atomic E-state index is 14.9. The zero-order chi connectivity index (χ0) is 50.7. The molecule has 0 aromatic carbocycles. The fourth-order valence-electron chi connectivity index (χ4n) is 11.4. The number of ether oxygens (including phenoxy) is 8. The molecule has 4 aliphatic heterocycles. The predicted octanol–water partition coefficient (Wildman–Crippen LogP) is 4.83. The number of carbonyl (C=O) groups excluding carboxylic acids is 2. The second-order valence-corrected chi connectivity index (χ2v) is 21.8. The molecule has 394 valence electrons. The van der Waals surface area contributed by atoms with Crippen molar-refractivity contribution in [3.05, 3.63) is 0 Å². The number of nitrogens with zero attached hydrogens (tertiary/aromatic N) is 4. The van der Waals surface area contributed by atoms with Crippen LogP contribution in [0.15, 0.2) is 5.16 Å². The molecule has 1 saturated carbocycles. The standard InChI is InChI=1S/C50H90N4O14/c1-17-37-49(12)43(67-46(57)68-49)31(6)39(51-61-27-35-20-21-35)29(4)25-47(10,58)42(66-45-40(55)36(52(13)14)24-30(5)62-45)32(7)41(33(8)44(56)64-37)65-38-26-48(11,60-16)50(59,34(9)63-38)28-53(15)22-23-54(18-2)19-3/h29-38,40-43,45,55,58-59H,17-28H2,1-16H3/b51-39+/t29-,30-,31+,32+,33-,34+,36+,37-,38+,40-,41+,42-,43-,45+,47+,48-,49-,50-/m1/s1. The highest BCUT2D eigenvalue weighted by Gasteiger charge is 2.61. The number of esters is 1. The summed E-state index contributed by atoms with van der Waals surface area (Å²) < 4.78 is 51.4. The molecule has 0 bridgehead atoms. The Labute approximate surface area is 406 Å². The summed E-state index contributed by atoms with van der Waals surface area (Å²) in [5.41, 5.74) is -5.29. The topological polar surface area (TPSA) is 200 Å². The summed E-state index contributed by atoms with van der Waals surface area (Å²) in [6.07, 6.45) is -6.38. The van der Waals surface area contributed by atoms with E-state index in [1.165, 1.54) is 0 Å². The van der Waals surface area contributed by atoms with Crippen molar-refractivity contribution in [2.24, 2.45) is 34.7 Å². The van der Waals surface area contributed by atoms with Crippen LogP contribution >= 0.6 is 0 Å². The molecule has 68 heavy (non-hydrogen) atoms. The minimum atomic E-state index is -1.72. The van der Waals surface area contributed by atoms with E-state index in [1.54, 1.807) is 34.8 Å². The van der Waals surface area contributed by atoms with Crippen LogP contribution in [0.4, 0.5) is 4.79 Å². The number of cyclic esters (lactones) is 1. The first kappa shape index (κ1) is 56.7. The fourth-order valence-corrected chi connectivity index (χ4v) is 11.4. The van der Waals surface area contributed by atoms with Crippen LogP contribution in [0.5, 0.6) is 0 Å². The predicted molar refractivity (Wildman–Crippen MR) is 255 cm³/mol. The summed E-state index contributed by atoms with van der Waals surface area (Å²) in [6, 6.07) is -0.318. The maximum absolute atomic E-state index is 14.9. The van der Waals surface area contributed by atoms with Crippen molar-refractivity contribution in [2.45, 2.75) is 205 Å². The Hall–Kier alpha value is -2.23. The lowest BCUT2D eigenvalue weighted by Gasteiger charge is -2.54. The normalized spacial score (nSPS) is 43.8. The van der Waals surface area contributed by atoms with Gasteiger partial charge in [0.25, 0.3) is 0 Å². The van der Waals surface area contributed by atoms with E-state index in [1.807, 2.05) is 67.6 Å². The number of aliphatic hydroxyl groups excluding tert-OH is 1. The molecule has 0 radical (unpaired) electrons. The molecule has 0 unspecified atom stereocenters. The average molecular weight is 971 g/mol. The number of hydrogen-bond donors (Lipinski definition) is 3. The van der Waals surface area contributed by atoms with Gasteiger partial charge in [-0.15, -0.1) is 0 Å². The minimum absolute atomic E-state index is 0.0575. The van der Waals surface area contributed by atoms with Crippen molar-refractivity contribution in [1.82, 2.24) is 14.7 Å². The third-order valence-electron chi connectivity index (χ3n) is 16.2. The number of oxime groups is 1. The summed E-state index contributed by atoms with van der Waals surface area (Å²) in [4.78, 5) is 40.3.